The quantitative estimate of drug-likeness (QED) is 0.152. The summed E-state index contributed by atoms with van der Waals surface area (Å²) in [6, 6.07) is 22.0. The molecular formula is C32H23BrClFN2O6. The van der Waals surface area contributed by atoms with E-state index in [0.29, 0.717) is 23.5 Å². The molecule has 0 aliphatic carbocycles. The van der Waals surface area contributed by atoms with Crippen molar-refractivity contribution in [3.63, 3.8) is 0 Å². The maximum atomic E-state index is 13.4. The van der Waals surface area contributed by atoms with Gasteiger partial charge in [-0.25, -0.2) is 14.1 Å². The van der Waals surface area contributed by atoms with E-state index in [0.717, 1.165) is 14.9 Å². The van der Waals surface area contributed by atoms with Gasteiger partial charge in [0.15, 0.2) is 11.5 Å². The van der Waals surface area contributed by atoms with Crippen LogP contribution in [0.5, 0.6) is 17.2 Å². The first kappa shape index (κ1) is 29.8. The molecule has 0 radical (unpaired) electrons. The third kappa shape index (κ3) is 7.04. The Hall–Kier alpha value is -4.67. The van der Waals surface area contributed by atoms with Crippen LogP contribution >= 0.6 is 27.5 Å². The van der Waals surface area contributed by atoms with E-state index in [1.807, 2.05) is 24.3 Å². The number of carbonyl (C=O) groups excluding carboxylic acids is 3. The number of imide groups is 2. The van der Waals surface area contributed by atoms with Crippen LogP contribution in [0, 0.1) is 5.82 Å². The molecule has 0 aromatic heterocycles. The van der Waals surface area contributed by atoms with Gasteiger partial charge in [-0.15, -0.1) is 0 Å². The second-order valence-electron chi connectivity index (χ2n) is 9.32. The topological polar surface area (TPSA) is 94.2 Å². The number of amides is 4. The SMILES string of the molecule is COc1cc(/C=C2\C(=O)NC(=O)N(c3ccc(OCc4ccc(Br)cc4)cc3)C2=O)cc(Cl)c1OCc1ccc(F)cc1. The van der Waals surface area contributed by atoms with Gasteiger partial charge in [0.05, 0.1) is 17.8 Å². The number of benzene rings is 4. The lowest BCUT2D eigenvalue weighted by atomic mass is 10.1. The van der Waals surface area contributed by atoms with Gasteiger partial charge in [0, 0.05) is 4.47 Å². The zero-order chi connectivity index (χ0) is 30.5. The fraction of sp³-hybridized carbons (Fsp3) is 0.0938. The number of rotatable bonds is 9. The Labute approximate surface area is 259 Å². The Morgan fingerprint density at radius 1 is 0.884 bits per heavy atom. The zero-order valence-corrected chi connectivity index (χ0v) is 24.9. The first-order chi connectivity index (χ1) is 20.7. The maximum Gasteiger partial charge on any atom is 0.335 e. The smallest absolute Gasteiger partial charge is 0.335 e. The molecule has 8 nitrogen and oxygen atoms in total. The van der Waals surface area contributed by atoms with Crippen molar-refractivity contribution in [2.45, 2.75) is 13.2 Å². The van der Waals surface area contributed by atoms with E-state index in [1.54, 1.807) is 36.4 Å². The Bertz CT molecular complexity index is 1710. The predicted molar refractivity (Wildman–Crippen MR) is 163 cm³/mol. The van der Waals surface area contributed by atoms with Crippen LogP contribution in [0.4, 0.5) is 14.9 Å². The van der Waals surface area contributed by atoms with E-state index in [2.05, 4.69) is 21.2 Å². The van der Waals surface area contributed by atoms with E-state index in [9.17, 15) is 18.8 Å². The lowest BCUT2D eigenvalue weighted by Gasteiger charge is -2.26. The average molecular weight is 666 g/mol. The van der Waals surface area contributed by atoms with Crippen LogP contribution in [0.25, 0.3) is 6.08 Å². The predicted octanol–water partition coefficient (Wildman–Crippen LogP) is 7.07. The van der Waals surface area contributed by atoms with Crippen LogP contribution in [0.15, 0.2) is 95.0 Å². The van der Waals surface area contributed by atoms with Crippen molar-refractivity contribution in [3.8, 4) is 17.2 Å². The van der Waals surface area contributed by atoms with Gasteiger partial charge in [0.25, 0.3) is 11.8 Å². The molecular weight excluding hydrogens is 643 g/mol. The molecule has 1 saturated heterocycles. The van der Waals surface area contributed by atoms with E-state index in [-0.39, 0.29) is 40.2 Å². The number of urea groups is 1. The van der Waals surface area contributed by atoms with Crippen molar-refractivity contribution >= 4 is 57.1 Å². The molecule has 0 unspecified atom stereocenters. The number of nitrogens with zero attached hydrogens (tertiary/aromatic N) is 1. The molecule has 1 fully saturated rings. The van der Waals surface area contributed by atoms with Crippen LogP contribution in [-0.2, 0) is 22.8 Å². The Kier molecular flexibility index (Phi) is 9.08. The second kappa shape index (κ2) is 13.1. The fourth-order valence-corrected chi connectivity index (χ4v) is 4.73. The molecule has 0 bridgehead atoms. The minimum absolute atomic E-state index is 0.100. The van der Waals surface area contributed by atoms with Crippen molar-refractivity contribution in [3.05, 3.63) is 123 Å². The summed E-state index contributed by atoms with van der Waals surface area (Å²) in [5.41, 5.74) is 2.00. The lowest BCUT2D eigenvalue weighted by Crippen LogP contribution is -2.54. The highest BCUT2D eigenvalue weighted by molar-refractivity contribution is 9.10. The van der Waals surface area contributed by atoms with Crippen LogP contribution < -0.4 is 24.4 Å². The Morgan fingerprint density at radius 3 is 2.16 bits per heavy atom. The van der Waals surface area contributed by atoms with Gasteiger partial charge in [-0.1, -0.05) is 51.8 Å². The van der Waals surface area contributed by atoms with E-state index < -0.39 is 17.8 Å². The fourth-order valence-electron chi connectivity index (χ4n) is 4.20. The van der Waals surface area contributed by atoms with Gasteiger partial charge < -0.3 is 14.2 Å². The number of barbiturate groups is 1. The second-order valence-corrected chi connectivity index (χ2v) is 10.6. The van der Waals surface area contributed by atoms with Gasteiger partial charge in [0.1, 0.15) is 30.4 Å². The maximum absolute atomic E-state index is 13.4. The van der Waals surface area contributed by atoms with Crippen molar-refractivity contribution in [1.29, 1.82) is 0 Å². The van der Waals surface area contributed by atoms with Gasteiger partial charge in [-0.2, -0.15) is 0 Å². The van der Waals surface area contributed by atoms with Gasteiger partial charge in [-0.05, 0) is 83.4 Å². The van der Waals surface area contributed by atoms with Gasteiger partial charge in [0.2, 0.25) is 0 Å². The van der Waals surface area contributed by atoms with E-state index >= 15 is 0 Å². The Morgan fingerprint density at radius 2 is 1.51 bits per heavy atom. The lowest BCUT2D eigenvalue weighted by molar-refractivity contribution is -0.122. The molecule has 43 heavy (non-hydrogen) atoms. The zero-order valence-electron chi connectivity index (χ0n) is 22.6. The summed E-state index contributed by atoms with van der Waals surface area (Å²) in [5.74, 6) is -1.02. The van der Waals surface area contributed by atoms with Crippen molar-refractivity contribution in [1.82, 2.24) is 5.32 Å². The van der Waals surface area contributed by atoms with Crippen molar-refractivity contribution in [2.24, 2.45) is 0 Å². The minimum atomic E-state index is -0.879. The molecule has 1 aliphatic heterocycles. The molecule has 11 heteroatoms. The van der Waals surface area contributed by atoms with Crippen LogP contribution in [0.2, 0.25) is 5.02 Å². The largest absolute Gasteiger partial charge is 0.493 e. The first-order valence-electron chi connectivity index (χ1n) is 12.9. The molecule has 4 amide bonds. The monoisotopic (exact) mass is 664 g/mol. The van der Waals surface area contributed by atoms with Gasteiger partial charge in [-0.3, -0.25) is 14.9 Å². The number of carbonyl (C=O) groups is 3. The third-order valence-electron chi connectivity index (χ3n) is 6.37. The summed E-state index contributed by atoms with van der Waals surface area (Å²) in [4.78, 5) is 39.6. The molecule has 4 aromatic rings. The number of methoxy groups -OCH3 is 1. The van der Waals surface area contributed by atoms with Crippen LogP contribution in [0.1, 0.15) is 16.7 Å². The van der Waals surface area contributed by atoms with Crippen molar-refractivity contribution < 1.29 is 33.0 Å². The molecule has 0 spiro atoms. The van der Waals surface area contributed by atoms with Crippen LogP contribution in [0.3, 0.4) is 0 Å². The number of ether oxygens (including phenoxy) is 3. The molecule has 5 rings (SSSR count). The summed E-state index contributed by atoms with van der Waals surface area (Å²) in [7, 11) is 1.42. The molecule has 4 aromatic carbocycles. The number of hydrogen-bond donors (Lipinski definition) is 1. The summed E-state index contributed by atoms with van der Waals surface area (Å²) in [6.07, 6.45) is 1.31. The summed E-state index contributed by atoms with van der Waals surface area (Å²) in [6.45, 7) is 0.433. The minimum Gasteiger partial charge on any atom is -0.493 e. The number of nitrogens with one attached hydrogen (secondary N) is 1. The highest BCUT2D eigenvalue weighted by atomic mass is 79.9. The number of halogens is 3. The Balaban J connectivity index is 1.33. The summed E-state index contributed by atoms with van der Waals surface area (Å²) >= 11 is 9.87. The molecule has 1 N–H and O–H groups in total. The average Bonchev–Trinajstić information content (AvgIpc) is 2.99. The first-order valence-corrected chi connectivity index (χ1v) is 14.0. The molecule has 0 atom stereocenters. The molecule has 0 saturated carbocycles. The number of hydrogen-bond acceptors (Lipinski definition) is 6. The third-order valence-corrected chi connectivity index (χ3v) is 7.18. The molecule has 1 heterocycles. The van der Waals surface area contributed by atoms with Crippen LogP contribution in [-0.4, -0.2) is 25.0 Å². The summed E-state index contributed by atoms with van der Waals surface area (Å²) < 4.78 is 31.2. The standard InChI is InChI=1S/C32H23BrClFN2O6/c1-41-28-16-21(15-27(34)29(28)43-18-20-4-8-23(35)9-5-20)14-26-30(38)36-32(40)37(31(26)39)24-10-12-25(13-11-24)42-17-19-2-6-22(33)7-3-19/h2-16H,17-18H2,1H3,(H,36,38,40)/b26-14+. The summed E-state index contributed by atoms with van der Waals surface area (Å²) in [5, 5.41) is 2.36. The van der Waals surface area contributed by atoms with E-state index in [4.69, 9.17) is 25.8 Å². The normalized spacial score (nSPS) is 14.1. The van der Waals surface area contributed by atoms with Crippen molar-refractivity contribution in [2.75, 3.05) is 12.0 Å². The van der Waals surface area contributed by atoms with Gasteiger partial charge >= 0.3 is 6.03 Å². The number of anilines is 1. The van der Waals surface area contributed by atoms with E-state index in [1.165, 1.54) is 37.5 Å². The highest BCUT2D eigenvalue weighted by Gasteiger charge is 2.37. The molecule has 1 aliphatic rings. The highest BCUT2D eigenvalue weighted by Crippen LogP contribution is 2.38. The molecule has 218 valence electrons.